The molecule has 0 saturated heterocycles. The quantitative estimate of drug-likeness (QED) is 0.370. The summed E-state index contributed by atoms with van der Waals surface area (Å²) in [6, 6.07) is 10.2. The van der Waals surface area contributed by atoms with Crippen LogP contribution in [0, 0.1) is 13.8 Å². The molecule has 0 N–H and O–H groups in total. The number of hydrogen-bond donors (Lipinski definition) is 0. The molecule has 24 heavy (non-hydrogen) atoms. The molecule has 0 bridgehead atoms. The van der Waals surface area contributed by atoms with Crippen molar-refractivity contribution < 1.29 is 4.52 Å². The number of thioether (sulfide) groups is 1. The van der Waals surface area contributed by atoms with Gasteiger partial charge in [-0.3, -0.25) is 0 Å². The molecule has 0 aliphatic carbocycles. The SMILES string of the molecule is Cc1noc(C)c1CSc1nc(-c2ccsc2)nc2ccccc12. The third-order valence-electron chi connectivity index (χ3n) is 3.88. The minimum absolute atomic E-state index is 0.774. The average Bonchev–Trinajstić information content (AvgIpc) is 3.24. The number of aryl methyl sites for hydroxylation is 2. The number of para-hydroxylation sites is 1. The van der Waals surface area contributed by atoms with Crippen molar-refractivity contribution in [1.29, 1.82) is 0 Å². The molecule has 0 radical (unpaired) electrons. The van der Waals surface area contributed by atoms with E-state index in [4.69, 9.17) is 14.5 Å². The Labute approximate surface area is 147 Å². The summed E-state index contributed by atoms with van der Waals surface area (Å²) in [6.45, 7) is 3.92. The first kappa shape index (κ1) is 15.4. The van der Waals surface area contributed by atoms with E-state index in [0.29, 0.717) is 0 Å². The molecule has 3 aromatic heterocycles. The number of fused-ring (bicyclic) bond motifs is 1. The zero-order chi connectivity index (χ0) is 16.5. The van der Waals surface area contributed by atoms with Crippen LogP contribution in [-0.4, -0.2) is 15.1 Å². The predicted octanol–water partition coefficient (Wildman–Crippen LogP) is 5.26. The lowest BCUT2D eigenvalue weighted by molar-refractivity contribution is 0.392. The van der Waals surface area contributed by atoms with Crippen LogP contribution in [0.15, 0.2) is 50.6 Å². The first-order chi connectivity index (χ1) is 11.7. The van der Waals surface area contributed by atoms with E-state index in [-0.39, 0.29) is 0 Å². The molecular weight excluding hydrogens is 338 g/mol. The lowest BCUT2D eigenvalue weighted by Crippen LogP contribution is -1.94. The van der Waals surface area contributed by atoms with Gasteiger partial charge in [0.2, 0.25) is 0 Å². The molecule has 0 atom stereocenters. The van der Waals surface area contributed by atoms with E-state index in [1.807, 2.05) is 37.4 Å². The zero-order valence-electron chi connectivity index (χ0n) is 13.3. The molecule has 120 valence electrons. The summed E-state index contributed by atoms with van der Waals surface area (Å²) in [4.78, 5) is 9.52. The Kier molecular flexibility index (Phi) is 4.08. The molecule has 0 saturated carbocycles. The maximum atomic E-state index is 5.26. The minimum Gasteiger partial charge on any atom is -0.361 e. The number of hydrogen-bond acceptors (Lipinski definition) is 6. The molecule has 4 nitrogen and oxygen atoms in total. The van der Waals surface area contributed by atoms with Crippen molar-refractivity contribution in [2.75, 3.05) is 0 Å². The Morgan fingerprint density at radius 2 is 2.00 bits per heavy atom. The van der Waals surface area contributed by atoms with Crippen molar-refractivity contribution >= 4 is 34.0 Å². The number of nitrogens with zero attached hydrogens (tertiary/aromatic N) is 3. The summed E-state index contributed by atoms with van der Waals surface area (Å²) in [7, 11) is 0. The van der Waals surface area contributed by atoms with E-state index in [1.54, 1.807) is 23.1 Å². The summed E-state index contributed by atoms with van der Waals surface area (Å²) in [5, 5.41) is 10.2. The second-order valence-electron chi connectivity index (χ2n) is 5.47. The Bertz CT molecular complexity index is 973. The summed E-state index contributed by atoms with van der Waals surface area (Å²) in [6.07, 6.45) is 0. The van der Waals surface area contributed by atoms with Crippen LogP contribution >= 0.6 is 23.1 Å². The Hall–Kier alpha value is -2.18. The monoisotopic (exact) mass is 353 g/mol. The number of benzene rings is 1. The third kappa shape index (κ3) is 2.83. The smallest absolute Gasteiger partial charge is 0.161 e. The maximum absolute atomic E-state index is 5.26. The molecule has 0 amide bonds. The molecular formula is C18H15N3OS2. The van der Waals surface area contributed by atoms with Gasteiger partial charge in [-0.05, 0) is 31.4 Å². The summed E-state index contributed by atoms with van der Waals surface area (Å²) in [5.74, 6) is 2.43. The number of aromatic nitrogens is 3. The van der Waals surface area contributed by atoms with Gasteiger partial charge in [0.25, 0.3) is 0 Å². The fourth-order valence-corrected chi connectivity index (χ4v) is 4.33. The molecule has 0 aliphatic rings. The molecule has 4 rings (SSSR count). The molecule has 0 fully saturated rings. The number of rotatable bonds is 4. The highest BCUT2D eigenvalue weighted by Crippen LogP contribution is 2.32. The molecule has 0 unspecified atom stereocenters. The maximum Gasteiger partial charge on any atom is 0.161 e. The van der Waals surface area contributed by atoms with Crippen LogP contribution < -0.4 is 0 Å². The molecule has 1 aromatic carbocycles. The van der Waals surface area contributed by atoms with E-state index < -0.39 is 0 Å². The summed E-state index contributed by atoms with van der Waals surface area (Å²) < 4.78 is 5.26. The van der Waals surface area contributed by atoms with Gasteiger partial charge in [-0.25, -0.2) is 9.97 Å². The van der Waals surface area contributed by atoms with E-state index in [0.717, 1.165) is 50.1 Å². The minimum atomic E-state index is 0.774. The first-order valence-electron chi connectivity index (χ1n) is 7.56. The van der Waals surface area contributed by atoms with Crippen molar-refractivity contribution in [2.45, 2.75) is 24.6 Å². The van der Waals surface area contributed by atoms with Gasteiger partial charge in [0.05, 0.1) is 11.2 Å². The van der Waals surface area contributed by atoms with Crippen LogP contribution in [0.1, 0.15) is 17.0 Å². The fourth-order valence-electron chi connectivity index (χ4n) is 2.53. The predicted molar refractivity (Wildman–Crippen MR) is 98.4 cm³/mol. The van der Waals surface area contributed by atoms with Gasteiger partial charge in [0.1, 0.15) is 10.8 Å². The second kappa shape index (κ2) is 6.37. The van der Waals surface area contributed by atoms with Gasteiger partial charge < -0.3 is 4.52 Å². The Balaban J connectivity index is 1.76. The van der Waals surface area contributed by atoms with Crippen molar-refractivity contribution in [3.05, 3.63) is 58.1 Å². The van der Waals surface area contributed by atoms with Crippen molar-refractivity contribution in [3.63, 3.8) is 0 Å². The second-order valence-corrected chi connectivity index (χ2v) is 7.22. The highest BCUT2D eigenvalue weighted by molar-refractivity contribution is 7.98. The molecule has 0 aliphatic heterocycles. The van der Waals surface area contributed by atoms with Crippen molar-refractivity contribution in [2.24, 2.45) is 0 Å². The molecule has 6 heteroatoms. The van der Waals surface area contributed by atoms with Crippen LogP contribution in [-0.2, 0) is 5.75 Å². The van der Waals surface area contributed by atoms with Gasteiger partial charge in [0.15, 0.2) is 5.82 Å². The van der Waals surface area contributed by atoms with Gasteiger partial charge in [-0.1, -0.05) is 23.4 Å². The summed E-state index contributed by atoms with van der Waals surface area (Å²) in [5.41, 5.74) is 4.11. The number of thiophene rings is 1. The molecule has 0 spiro atoms. The molecule has 3 heterocycles. The highest BCUT2D eigenvalue weighted by Gasteiger charge is 2.13. The van der Waals surface area contributed by atoms with E-state index in [1.165, 1.54) is 0 Å². The van der Waals surface area contributed by atoms with Crippen LogP contribution in [0.25, 0.3) is 22.3 Å². The van der Waals surface area contributed by atoms with Crippen molar-refractivity contribution in [3.8, 4) is 11.4 Å². The van der Waals surface area contributed by atoms with Gasteiger partial charge in [-0.15, -0.1) is 11.8 Å². The van der Waals surface area contributed by atoms with Crippen LogP contribution in [0.5, 0.6) is 0 Å². The topological polar surface area (TPSA) is 51.8 Å². The van der Waals surface area contributed by atoms with Crippen LogP contribution in [0.2, 0.25) is 0 Å². The van der Waals surface area contributed by atoms with Crippen molar-refractivity contribution in [1.82, 2.24) is 15.1 Å². The van der Waals surface area contributed by atoms with E-state index >= 15 is 0 Å². The van der Waals surface area contributed by atoms with Crippen LogP contribution in [0.4, 0.5) is 0 Å². The third-order valence-corrected chi connectivity index (χ3v) is 5.58. The zero-order valence-corrected chi connectivity index (χ0v) is 14.9. The summed E-state index contributed by atoms with van der Waals surface area (Å²) >= 11 is 3.35. The van der Waals surface area contributed by atoms with Crippen LogP contribution in [0.3, 0.4) is 0 Å². The first-order valence-corrected chi connectivity index (χ1v) is 9.49. The lowest BCUT2D eigenvalue weighted by atomic mass is 10.2. The standard InChI is InChI=1S/C18H15N3OS2/c1-11-15(12(2)22-21-11)10-24-18-14-5-3-4-6-16(14)19-17(20-18)13-7-8-23-9-13/h3-9H,10H2,1-2H3. The largest absolute Gasteiger partial charge is 0.361 e. The normalized spacial score (nSPS) is 11.2. The average molecular weight is 353 g/mol. The van der Waals surface area contributed by atoms with E-state index in [2.05, 4.69) is 22.7 Å². The van der Waals surface area contributed by atoms with Gasteiger partial charge in [0, 0.05) is 27.6 Å². The van der Waals surface area contributed by atoms with E-state index in [9.17, 15) is 0 Å². The fraction of sp³-hybridized carbons (Fsp3) is 0.167. The Morgan fingerprint density at radius 3 is 2.75 bits per heavy atom. The molecule has 4 aromatic rings. The Morgan fingerprint density at radius 1 is 1.12 bits per heavy atom. The van der Waals surface area contributed by atoms with Gasteiger partial charge >= 0.3 is 0 Å². The van der Waals surface area contributed by atoms with Gasteiger partial charge in [-0.2, -0.15) is 11.3 Å². The lowest BCUT2D eigenvalue weighted by Gasteiger charge is -2.07. The highest BCUT2D eigenvalue weighted by atomic mass is 32.2.